The molecular weight excluding hydrogens is 330 g/mol. The summed E-state index contributed by atoms with van der Waals surface area (Å²) in [6.45, 7) is 4.84. The van der Waals surface area contributed by atoms with Crippen LogP contribution in [0.15, 0.2) is 53.1 Å². The summed E-state index contributed by atoms with van der Waals surface area (Å²) in [5, 5.41) is 10.1. The molecule has 0 spiro atoms. The molecule has 3 rings (SSSR count). The summed E-state index contributed by atoms with van der Waals surface area (Å²) < 4.78 is 8.09. The second-order valence-electron chi connectivity index (χ2n) is 5.91. The van der Waals surface area contributed by atoms with E-state index in [0.29, 0.717) is 6.61 Å². The normalized spacial score (nSPS) is 16.4. The maximum Gasteiger partial charge on any atom is 0.264 e. The molecule has 0 unspecified atom stereocenters. The molecule has 1 aromatic heterocycles. The van der Waals surface area contributed by atoms with Crippen molar-refractivity contribution in [1.29, 1.82) is 0 Å². The maximum atomic E-state index is 10.1. The molecule has 1 aromatic carbocycles. The fourth-order valence-electron chi connectivity index (χ4n) is 2.47. The maximum absolute atomic E-state index is 10.1. The predicted octanol–water partition coefficient (Wildman–Crippen LogP) is 3.82. The smallest absolute Gasteiger partial charge is 0.264 e. The number of aromatic nitrogens is 1. The number of benzene rings is 1. The predicted molar refractivity (Wildman–Crippen MR) is 84.3 cm³/mol. The third-order valence-corrected chi connectivity index (χ3v) is 3.98. The first kappa shape index (κ1) is 14.1. The van der Waals surface area contributed by atoms with E-state index in [9.17, 15) is 5.21 Å². The van der Waals surface area contributed by atoms with E-state index in [-0.39, 0.29) is 5.41 Å². The Bertz CT molecular complexity index is 722. The number of halogens is 1. The zero-order valence-electron chi connectivity index (χ0n) is 12.0. The van der Waals surface area contributed by atoms with E-state index in [4.69, 9.17) is 4.74 Å². The van der Waals surface area contributed by atoms with E-state index in [1.807, 2.05) is 30.3 Å². The first-order valence-electron chi connectivity index (χ1n) is 6.82. The van der Waals surface area contributed by atoms with E-state index in [0.717, 1.165) is 31.8 Å². The molecule has 21 heavy (non-hydrogen) atoms. The van der Waals surface area contributed by atoms with Crippen LogP contribution in [0.25, 0.3) is 5.57 Å². The van der Waals surface area contributed by atoms with Crippen molar-refractivity contribution in [1.82, 2.24) is 0 Å². The average Bonchev–Trinajstić information content (AvgIpc) is 2.56. The summed E-state index contributed by atoms with van der Waals surface area (Å²) in [7, 11) is 0. The van der Waals surface area contributed by atoms with Crippen molar-refractivity contribution in [2.45, 2.75) is 13.8 Å². The summed E-state index contributed by atoms with van der Waals surface area (Å²) in [5.74, 6) is 0.824. The van der Waals surface area contributed by atoms with Crippen molar-refractivity contribution in [3.63, 3.8) is 0 Å². The summed E-state index contributed by atoms with van der Waals surface area (Å²) in [5.41, 5.74) is 2.59. The van der Waals surface area contributed by atoms with Crippen molar-refractivity contribution < 1.29 is 14.7 Å². The van der Waals surface area contributed by atoms with Crippen molar-refractivity contribution in [2.24, 2.45) is 5.41 Å². The van der Waals surface area contributed by atoms with Crippen LogP contribution in [0.4, 0.5) is 0 Å². The number of ether oxygens (including phenoxy) is 1. The molecule has 2 aromatic rings. The Morgan fingerprint density at radius 2 is 2.05 bits per heavy atom. The molecule has 1 aliphatic rings. The zero-order chi connectivity index (χ0) is 15.0. The van der Waals surface area contributed by atoms with E-state index in [2.05, 4.69) is 35.9 Å². The van der Waals surface area contributed by atoms with Gasteiger partial charge in [0.25, 0.3) is 5.69 Å². The number of fused-ring (bicyclic) bond motifs is 1. The van der Waals surface area contributed by atoms with Gasteiger partial charge in [0.05, 0.1) is 12.2 Å². The van der Waals surface area contributed by atoms with Crippen molar-refractivity contribution in [3.05, 3.63) is 64.4 Å². The molecule has 2 heterocycles. The lowest BCUT2D eigenvalue weighted by atomic mass is 9.89. The average molecular weight is 347 g/mol. The van der Waals surface area contributed by atoms with Gasteiger partial charge in [0.15, 0.2) is 0 Å². The van der Waals surface area contributed by atoms with Crippen LogP contribution < -0.4 is 9.47 Å². The van der Waals surface area contributed by atoms with Crippen molar-refractivity contribution >= 4 is 21.5 Å². The highest BCUT2D eigenvalue weighted by atomic mass is 79.9. The van der Waals surface area contributed by atoms with Gasteiger partial charge >= 0.3 is 0 Å². The topological polar surface area (TPSA) is 33.3 Å². The summed E-state index contributed by atoms with van der Waals surface area (Å²) in [6.07, 6.45) is 3.79. The third-order valence-electron chi connectivity index (χ3n) is 3.48. The molecule has 0 saturated heterocycles. The first-order chi connectivity index (χ1) is 9.96. The van der Waals surface area contributed by atoms with Gasteiger partial charge in [-0.25, -0.2) is 0 Å². The van der Waals surface area contributed by atoms with Gasteiger partial charge in [-0.05, 0) is 24.3 Å². The van der Waals surface area contributed by atoms with Crippen molar-refractivity contribution in [2.75, 3.05) is 6.61 Å². The molecule has 0 aliphatic carbocycles. The Kier molecular flexibility index (Phi) is 3.49. The molecule has 0 atom stereocenters. The minimum atomic E-state index is -0.121. The van der Waals surface area contributed by atoms with E-state index >= 15 is 0 Å². The quantitative estimate of drug-likeness (QED) is 0.628. The number of hydrogen-bond donors (Lipinski definition) is 1. The van der Waals surface area contributed by atoms with Crippen LogP contribution in [0.2, 0.25) is 0 Å². The Labute approximate surface area is 132 Å². The number of pyridine rings is 1. The minimum Gasteiger partial charge on any atom is -0.492 e. The van der Waals surface area contributed by atoms with E-state index in [1.165, 1.54) is 0 Å². The van der Waals surface area contributed by atoms with Crippen LogP contribution in [-0.2, 0) is 0 Å². The standard InChI is InChI=1S/C17H17BrNO2/c1-17(2)10-14(15-5-3-4-8-19(15)20)13-7-6-12(18)9-16(13)21-11-17/h3-10,20H,11H2,1-2H3/q+1. The van der Waals surface area contributed by atoms with Gasteiger partial charge in [-0.15, -0.1) is 0 Å². The number of hydrogen-bond acceptors (Lipinski definition) is 2. The fourth-order valence-corrected chi connectivity index (χ4v) is 2.81. The minimum absolute atomic E-state index is 0.121. The van der Waals surface area contributed by atoms with Crippen LogP contribution in [0.5, 0.6) is 5.75 Å². The Hall–Kier alpha value is -1.81. The largest absolute Gasteiger partial charge is 0.492 e. The van der Waals surface area contributed by atoms with Gasteiger partial charge in [0.1, 0.15) is 5.75 Å². The molecule has 4 heteroatoms. The van der Waals surface area contributed by atoms with Crippen LogP contribution in [-0.4, -0.2) is 11.8 Å². The Morgan fingerprint density at radius 3 is 2.81 bits per heavy atom. The molecule has 0 bridgehead atoms. The molecule has 0 radical (unpaired) electrons. The second-order valence-corrected chi connectivity index (χ2v) is 6.82. The highest BCUT2D eigenvalue weighted by molar-refractivity contribution is 9.10. The van der Waals surface area contributed by atoms with Crippen LogP contribution in [0, 0.1) is 5.41 Å². The van der Waals surface area contributed by atoms with Crippen LogP contribution in [0.3, 0.4) is 0 Å². The molecule has 0 amide bonds. The lowest BCUT2D eigenvalue weighted by Crippen LogP contribution is -2.34. The monoisotopic (exact) mass is 346 g/mol. The third kappa shape index (κ3) is 2.81. The van der Waals surface area contributed by atoms with Crippen LogP contribution in [0.1, 0.15) is 25.1 Å². The molecule has 3 nitrogen and oxygen atoms in total. The molecular formula is C17H17BrNO2+. The molecule has 0 saturated carbocycles. The van der Waals surface area contributed by atoms with Gasteiger partial charge < -0.3 is 4.74 Å². The lowest BCUT2D eigenvalue weighted by Gasteiger charge is -2.18. The van der Waals surface area contributed by atoms with E-state index < -0.39 is 0 Å². The van der Waals surface area contributed by atoms with Gasteiger partial charge in [-0.1, -0.05) is 35.9 Å². The Morgan fingerprint density at radius 1 is 1.24 bits per heavy atom. The highest BCUT2D eigenvalue weighted by Gasteiger charge is 2.28. The van der Waals surface area contributed by atoms with Gasteiger partial charge in [0.2, 0.25) is 6.20 Å². The summed E-state index contributed by atoms with van der Waals surface area (Å²) in [6, 6.07) is 11.6. The van der Waals surface area contributed by atoms with Gasteiger partial charge in [-0.3, -0.25) is 5.21 Å². The first-order valence-corrected chi connectivity index (χ1v) is 7.61. The van der Waals surface area contributed by atoms with Gasteiger partial charge in [0, 0.05) is 32.3 Å². The van der Waals surface area contributed by atoms with Crippen molar-refractivity contribution in [3.8, 4) is 5.75 Å². The van der Waals surface area contributed by atoms with E-state index in [1.54, 1.807) is 12.3 Å². The van der Waals surface area contributed by atoms with Gasteiger partial charge in [-0.2, -0.15) is 0 Å². The molecule has 108 valence electrons. The molecule has 0 fully saturated rings. The molecule has 1 aliphatic heterocycles. The Balaban J connectivity index is 2.25. The SMILES string of the molecule is CC1(C)C=C(c2cccc[n+]2O)c2ccc(Br)cc2OC1. The summed E-state index contributed by atoms with van der Waals surface area (Å²) in [4.78, 5) is 0. The number of rotatable bonds is 1. The lowest BCUT2D eigenvalue weighted by molar-refractivity contribution is -0.906. The highest BCUT2D eigenvalue weighted by Crippen LogP contribution is 2.38. The zero-order valence-corrected chi connectivity index (χ0v) is 13.6. The van der Waals surface area contributed by atoms with Crippen LogP contribution >= 0.6 is 15.9 Å². The fraction of sp³-hybridized carbons (Fsp3) is 0.235. The second kappa shape index (κ2) is 5.19. The summed E-state index contributed by atoms with van der Waals surface area (Å²) >= 11 is 3.48. The number of nitrogens with zero attached hydrogens (tertiary/aromatic N) is 1. The molecule has 1 N–H and O–H groups in total.